The number of nitrogens with one attached hydrogen (secondary N) is 3. The molecule has 0 aliphatic heterocycles. The van der Waals surface area contributed by atoms with Crippen molar-refractivity contribution in [3.05, 3.63) is 58.0 Å². The zero-order valence-electron chi connectivity index (χ0n) is 20.0. The molecule has 2 rings (SSSR count). The van der Waals surface area contributed by atoms with Crippen LogP contribution in [0.25, 0.3) is 0 Å². The summed E-state index contributed by atoms with van der Waals surface area (Å²) >= 11 is 0. The lowest BCUT2D eigenvalue weighted by Crippen LogP contribution is -2.48. The first-order chi connectivity index (χ1) is 18.2. The number of carbonyl (C=O) groups is 2. The fourth-order valence-electron chi connectivity index (χ4n) is 3.13. The van der Waals surface area contributed by atoms with Gasteiger partial charge in [0.05, 0.1) is 28.2 Å². The summed E-state index contributed by atoms with van der Waals surface area (Å²) in [5, 5.41) is 7.00. The molecule has 0 aliphatic carbocycles. The van der Waals surface area contributed by atoms with Crippen LogP contribution in [0.2, 0.25) is 0 Å². The Balaban J connectivity index is 2.68. The summed E-state index contributed by atoms with van der Waals surface area (Å²) in [6.45, 7) is 0.492. The van der Waals surface area contributed by atoms with Gasteiger partial charge in [-0.15, -0.1) is 4.73 Å². The highest BCUT2D eigenvalue weighted by atomic mass is 32.2. The lowest BCUT2D eigenvalue weighted by atomic mass is 9.82. The molecule has 220 valence electrons. The van der Waals surface area contributed by atoms with E-state index in [0.717, 1.165) is 19.1 Å². The molecular weight excluding hydrogens is 582 g/mol. The molecule has 0 saturated heterocycles. The van der Waals surface area contributed by atoms with Gasteiger partial charge in [-0.3, -0.25) is 24.6 Å². The van der Waals surface area contributed by atoms with Crippen LogP contribution in [0.1, 0.15) is 24.6 Å². The van der Waals surface area contributed by atoms with Crippen LogP contribution in [-0.4, -0.2) is 43.8 Å². The van der Waals surface area contributed by atoms with Gasteiger partial charge in [-0.2, -0.15) is 26.3 Å². The maximum Gasteiger partial charge on any atom is 0.493 e. The maximum absolute atomic E-state index is 13.3. The number of guanidine groups is 1. The van der Waals surface area contributed by atoms with E-state index in [1.807, 2.05) is 5.48 Å². The van der Waals surface area contributed by atoms with Crippen LogP contribution in [0.15, 0.2) is 46.1 Å². The van der Waals surface area contributed by atoms with E-state index in [1.165, 1.54) is 4.72 Å². The minimum atomic E-state index is -5.69. The number of amides is 1. The Hall–Kier alpha value is -4.33. The van der Waals surface area contributed by atoms with Crippen LogP contribution in [0.4, 0.5) is 32.0 Å². The van der Waals surface area contributed by atoms with E-state index in [1.54, 1.807) is 0 Å². The van der Waals surface area contributed by atoms with Crippen molar-refractivity contribution in [1.29, 1.82) is 5.41 Å². The molecule has 1 heterocycles. The van der Waals surface area contributed by atoms with Crippen LogP contribution in [0.3, 0.4) is 0 Å². The molecule has 1 aromatic carbocycles. The van der Waals surface area contributed by atoms with Crippen LogP contribution < -0.4 is 32.1 Å². The second-order valence-corrected chi connectivity index (χ2v) is 9.67. The number of hydroxylamine groups is 1. The number of benzene rings is 1. The number of rotatable bonds is 10. The Morgan fingerprint density at radius 3 is 2.17 bits per heavy atom. The summed E-state index contributed by atoms with van der Waals surface area (Å²) in [4.78, 5) is 44.5. The topological polar surface area (TPSA) is 209 Å². The first-order valence-corrected chi connectivity index (χ1v) is 12.0. The third-order valence-electron chi connectivity index (χ3n) is 5.17. The highest BCUT2D eigenvalue weighted by Gasteiger charge is 2.44. The van der Waals surface area contributed by atoms with E-state index >= 15 is 0 Å². The highest BCUT2D eigenvalue weighted by Crippen LogP contribution is 2.34. The Kier molecular flexibility index (Phi) is 9.10. The van der Waals surface area contributed by atoms with E-state index in [9.17, 15) is 49.1 Å². The Morgan fingerprint density at radius 1 is 1.05 bits per heavy atom. The van der Waals surface area contributed by atoms with Gasteiger partial charge in [0.15, 0.2) is 0 Å². The molecule has 0 radical (unpaired) electrons. The van der Waals surface area contributed by atoms with E-state index < -0.39 is 86.1 Å². The van der Waals surface area contributed by atoms with Crippen LogP contribution in [-0.2, 0) is 36.0 Å². The van der Waals surface area contributed by atoms with Crippen molar-refractivity contribution in [3.63, 3.8) is 0 Å². The van der Waals surface area contributed by atoms with Crippen molar-refractivity contribution in [2.45, 2.75) is 36.0 Å². The van der Waals surface area contributed by atoms with E-state index in [0.29, 0.717) is 24.3 Å². The van der Waals surface area contributed by atoms with Gasteiger partial charge in [-0.1, -0.05) is 12.1 Å². The summed E-state index contributed by atoms with van der Waals surface area (Å²) in [5.74, 6) is -4.93. The maximum atomic E-state index is 13.3. The summed E-state index contributed by atoms with van der Waals surface area (Å²) in [7, 11) is -5.21. The number of pyridine rings is 1. The number of carbonyl (C=O) groups excluding carboxylic acids is 2. The summed E-state index contributed by atoms with van der Waals surface area (Å²) in [6, 6.07) is 4.11. The molecular formula is C20H20F6N6O7S. The van der Waals surface area contributed by atoms with Crippen molar-refractivity contribution < 1.29 is 54.0 Å². The molecule has 0 fully saturated rings. The summed E-state index contributed by atoms with van der Waals surface area (Å²) in [6.07, 6.45) is -11.4. The Morgan fingerprint density at radius 2 is 1.65 bits per heavy atom. The normalized spacial score (nSPS) is 13.7. The highest BCUT2D eigenvalue weighted by molar-refractivity contribution is 7.92. The number of alkyl halides is 6. The average molecular weight is 602 g/mol. The predicted octanol–water partition coefficient (Wildman–Crippen LogP) is 0.733. The number of halogens is 6. The van der Waals surface area contributed by atoms with Crippen LogP contribution >= 0.6 is 0 Å². The zero-order chi connectivity index (χ0) is 30.7. The molecule has 1 unspecified atom stereocenters. The van der Waals surface area contributed by atoms with Crippen molar-refractivity contribution >= 4 is 33.5 Å². The molecule has 0 spiro atoms. The monoisotopic (exact) mass is 602 g/mol. The van der Waals surface area contributed by atoms with Gasteiger partial charge in [-0.05, 0) is 37.6 Å². The molecule has 0 bridgehead atoms. The summed E-state index contributed by atoms with van der Waals surface area (Å²) < 4.78 is 106. The average Bonchev–Trinajstić information content (AvgIpc) is 2.82. The second kappa shape index (κ2) is 11.4. The van der Waals surface area contributed by atoms with E-state index in [4.69, 9.17) is 21.7 Å². The fourth-order valence-corrected chi connectivity index (χ4v) is 4.41. The molecule has 40 heavy (non-hydrogen) atoms. The molecule has 20 heteroatoms. The number of hydrogen-bond donors (Lipinski definition) is 5. The largest absolute Gasteiger partial charge is 0.493 e. The summed E-state index contributed by atoms with van der Waals surface area (Å²) in [5.41, 5.74) is 4.75. The minimum absolute atomic E-state index is 0.369. The quantitative estimate of drug-likeness (QED) is 0.0853. The molecule has 0 aliphatic rings. The van der Waals surface area contributed by atoms with Gasteiger partial charge in [0.1, 0.15) is 5.69 Å². The van der Waals surface area contributed by atoms with Gasteiger partial charge < -0.3 is 16.3 Å². The lowest BCUT2D eigenvalue weighted by molar-refractivity contribution is -0.200. The molecule has 7 N–H and O–H groups in total. The van der Waals surface area contributed by atoms with E-state index in [2.05, 4.69) is 4.84 Å². The Labute approximate surface area is 220 Å². The number of nitrogens with two attached hydrogens (primary N) is 2. The van der Waals surface area contributed by atoms with Gasteiger partial charge in [0, 0.05) is 0 Å². The number of hydrogen-bond acceptors (Lipinski definition) is 8. The van der Waals surface area contributed by atoms with Crippen molar-refractivity contribution in [1.82, 2.24) is 10.2 Å². The third kappa shape index (κ3) is 7.20. The fraction of sp³-hybridized carbons (Fsp3) is 0.300. The van der Waals surface area contributed by atoms with Crippen molar-refractivity contribution in [2.75, 3.05) is 11.3 Å². The first-order valence-electron chi connectivity index (χ1n) is 10.5. The second-order valence-electron chi connectivity index (χ2n) is 8.02. The van der Waals surface area contributed by atoms with E-state index in [-0.39, 0.29) is 4.73 Å². The minimum Gasteiger partial charge on any atom is -0.369 e. The van der Waals surface area contributed by atoms with Gasteiger partial charge >= 0.3 is 23.9 Å². The molecule has 1 aromatic heterocycles. The van der Waals surface area contributed by atoms with Gasteiger partial charge in [0.25, 0.3) is 10.0 Å². The first kappa shape index (κ1) is 31.9. The lowest BCUT2D eigenvalue weighted by Gasteiger charge is -2.28. The standard InChI is InChI=1S/C20H20F6N6O7S/c1-18(15(27)34,8-9-38-30-17(28)29)13-7-6-11(14(33)32(13)39-16(35)20(24,25)26)31-40(36,37)12-5-3-2-4-10(12)19(21,22)23/h2-7,31H,8-9H2,1H3,(H2,27,34)(H4,28,29,30). The molecule has 0 saturated carbocycles. The number of nitrogens with zero attached hydrogens (tertiary/aromatic N) is 1. The van der Waals surface area contributed by atoms with Crippen LogP contribution in [0.5, 0.6) is 0 Å². The Bertz CT molecular complexity index is 1480. The third-order valence-corrected chi connectivity index (χ3v) is 6.59. The zero-order valence-corrected chi connectivity index (χ0v) is 20.8. The molecule has 1 atom stereocenters. The number of primary amides is 1. The van der Waals surface area contributed by atoms with Crippen molar-refractivity contribution in [3.8, 4) is 0 Å². The van der Waals surface area contributed by atoms with Crippen LogP contribution in [0, 0.1) is 5.41 Å². The predicted molar refractivity (Wildman–Crippen MR) is 123 cm³/mol. The smallest absolute Gasteiger partial charge is 0.369 e. The number of anilines is 1. The van der Waals surface area contributed by atoms with Gasteiger partial charge in [-0.25, -0.2) is 18.7 Å². The molecule has 13 nitrogen and oxygen atoms in total. The van der Waals surface area contributed by atoms with Gasteiger partial charge in [0.2, 0.25) is 11.9 Å². The SMILES string of the molecule is CC(CCONC(=N)N)(C(N)=O)c1ccc(NS(=O)(=O)c2ccccc2C(F)(F)F)c(=O)n1OC(=O)C(F)(F)F. The molecule has 1 amide bonds. The number of aromatic nitrogens is 1. The molecule has 2 aromatic rings. The van der Waals surface area contributed by atoms with Crippen molar-refractivity contribution in [2.24, 2.45) is 11.5 Å². The number of sulfonamides is 1.